The van der Waals surface area contributed by atoms with Crippen LogP contribution in [0.4, 0.5) is 5.13 Å². The predicted molar refractivity (Wildman–Crippen MR) is 125 cm³/mol. The summed E-state index contributed by atoms with van der Waals surface area (Å²) >= 11 is 13.6. The minimum Gasteiger partial charge on any atom is -0.493 e. The number of para-hydroxylation sites is 1. The maximum atomic E-state index is 6.05. The van der Waals surface area contributed by atoms with E-state index in [4.69, 9.17) is 32.7 Å². The molecule has 0 saturated heterocycles. The van der Waals surface area contributed by atoms with Gasteiger partial charge in [-0.25, -0.2) is 4.98 Å². The monoisotopic (exact) mass is 457 g/mol. The Morgan fingerprint density at radius 2 is 1.90 bits per heavy atom. The third-order valence-corrected chi connectivity index (χ3v) is 5.91. The van der Waals surface area contributed by atoms with Gasteiger partial charge in [0.15, 0.2) is 11.5 Å². The first-order valence-corrected chi connectivity index (χ1v) is 10.6. The molecule has 0 atom stereocenters. The molecule has 8 heteroatoms. The summed E-state index contributed by atoms with van der Waals surface area (Å²) in [4.78, 5) is 4.49. The third kappa shape index (κ3) is 4.84. The van der Waals surface area contributed by atoms with Gasteiger partial charge in [0.25, 0.3) is 0 Å². The first-order chi connectivity index (χ1) is 14.6. The fraction of sp³-hybridized carbons (Fsp3) is 0.0909. The molecule has 5 nitrogen and oxygen atoms in total. The number of thiazole rings is 1. The Bertz CT molecular complexity index is 1180. The van der Waals surface area contributed by atoms with Crippen molar-refractivity contribution in [2.45, 2.75) is 6.61 Å². The van der Waals surface area contributed by atoms with E-state index < -0.39 is 0 Å². The Morgan fingerprint density at radius 3 is 2.70 bits per heavy atom. The molecule has 1 N–H and O–H groups in total. The highest BCUT2D eigenvalue weighted by Crippen LogP contribution is 2.30. The second kappa shape index (κ2) is 9.34. The van der Waals surface area contributed by atoms with Crippen LogP contribution in [-0.2, 0) is 6.61 Å². The van der Waals surface area contributed by atoms with Gasteiger partial charge in [0, 0.05) is 0 Å². The van der Waals surface area contributed by atoms with Gasteiger partial charge in [-0.2, -0.15) is 5.10 Å². The lowest BCUT2D eigenvalue weighted by Gasteiger charge is -2.11. The summed E-state index contributed by atoms with van der Waals surface area (Å²) in [5.74, 6) is 1.24. The van der Waals surface area contributed by atoms with Crippen LogP contribution in [0.5, 0.6) is 11.5 Å². The zero-order valence-corrected chi connectivity index (χ0v) is 18.3. The number of fused-ring (bicyclic) bond motifs is 1. The van der Waals surface area contributed by atoms with E-state index in [9.17, 15) is 0 Å². The first-order valence-electron chi connectivity index (χ1n) is 9.02. The number of hydrogen-bond acceptors (Lipinski definition) is 6. The van der Waals surface area contributed by atoms with Gasteiger partial charge in [-0.05, 0) is 53.6 Å². The van der Waals surface area contributed by atoms with Crippen molar-refractivity contribution in [1.82, 2.24) is 4.98 Å². The molecule has 4 rings (SSSR count). The van der Waals surface area contributed by atoms with E-state index in [1.54, 1.807) is 36.8 Å². The molecular weight excluding hydrogens is 441 g/mol. The van der Waals surface area contributed by atoms with Crippen molar-refractivity contribution < 1.29 is 9.47 Å². The van der Waals surface area contributed by atoms with E-state index in [-0.39, 0.29) is 0 Å². The van der Waals surface area contributed by atoms with Crippen molar-refractivity contribution in [1.29, 1.82) is 0 Å². The number of ether oxygens (including phenoxy) is 2. The average Bonchev–Trinajstić information content (AvgIpc) is 3.18. The summed E-state index contributed by atoms with van der Waals surface area (Å²) in [5.41, 5.74) is 5.70. The molecule has 0 bridgehead atoms. The van der Waals surface area contributed by atoms with Gasteiger partial charge in [0.05, 0.1) is 33.6 Å². The van der Waals surface area contributed by atoms with Crippen LogP contribution in [0.2, 0.25) is 10.0 Å². The third-order valence-electron chi connectivity index (χ3n) is 4.23. The molecule has 1 heterocycles. The highest BCUT2D eigenvalue weighted by molar-refractivity contribution is 7.22. The predicted octanol–water partition coefficient (Wildman–Crippen LogP) is 6.64. The number of nitrogens with one attached hydrogen (secondary N) is 1. The summed E-state index contributed by atoms with van der Waals surface area (Å²) in [6.45, 7) is 0.347. The summed E-state index contributed by atoms with van der Waals surface area (Å²) in [7, 11) is 1.60. The number of nitrogens with zero attached hydrogens (tertiary/aromatic N) is 2. The average molecular weight is 458 g/mol. The first kappa shape index (κ1) is 20.5. The molecule has 0 aliphatic heterocycles. The van der Waals surface area contributed by atoms with Crippen molar-refractivity contribution in [2.75, 3.05) is 12.5 Å². The van der Waals surface area contributed by atoms with Crippen LogP contribution < -0.4 is 14.9 Å². The molecule has 0 fully saturated rings. The van der Waals surface area contributed by atoms with E-state index in [1.165, 1.54) is 0 Å². The van der Waals surface area contributed by atoms with Gasteiger partial charge in [-0.1, -0.05) is 52.7 Å². The largest absolute Gasteiger partial charge is 0.493 e. The number of halogens is 2. The van der Waals surface area contributed by atoms with Crippen molar-refractivity contribution in [3.63, 3.8) is 0 Å². The van der Waals surface area contributed by atoms with E-state index in [0.29, 0.717) is 28.2 Å². The number of hydrazone groups is 1. The lowest BCUT2D eigenvalue weighted by Crippen LogP contribution is -1.99. The lowest BCUT2D eigenvalue weighted by molar-refractivity contribution is 0.284. The molecule has 0 saturated carbocycles. The quantitative estimate of drug-likeness (QED) is 0.249. The Morgan fingerprint density at radius 1 is 1.03 bits per heavy atom. The summed E-state index contributed by atoms with van der Waals surface area (Å²) in [5, 5.41) is 6.02. The van der Waals surface area contributed by atoms with Crippen molar-refractivity contribution in [3.05, 3.63) is 81.8 Å². The van der Waals surface area contributed by atoms with E-state index in [0.717, 1.165) is 26.5 Å². The van der Waals surface area contributed by atoms with Crippen LogP contribution >= 0.6 is 34.5 Å². The van der Waals surface area contributed by atoms with Crippen LogP contribution in [0.1, 0.15) is 11.1 Å². The molecule has 30 heavy (non-hydrogen) atoms. The summed E-state index contributed by atoms with van der Waals surface area (Å²) in [6.07, 6.45) is 1.71. The van der Waals surface area contributed by atoms with Crippen LogP contribution in [0.25, 0.3) is 10.2 Å². The summed E-state index contributed by atoms with van der Waals surface area (Å²) < 4.78 is 12.4. The SMILES string of the molecule is COc1cc(/C=N\Nc2nc3ccccc3s2)ccc1OCc1ccc(Cl)c(Cl)c1. The Labute approximate surface area is 187 Å². The number of anilines is 1. The maximum absolute atomic E-state index is 6.05. The second-order valence-electron chi connectivity index (χ2n) is 6.30. The molecule has 0 spiro atoms. The smallest absolute Gasteiger partial charge is 0.204 e. The van der Waals surface area contributed by atoms with Crippen LogP contribution in [0, 0.1) is 0 Å². The number of methoxy groups -OCH3 is 1. The minimum atomic E-state index is 0.347. The van der Waals surface area contributed by atoms with Gasteiger partial charge < -0.3 is 9.47 Å². The molecular formula is C22H17Cl2N3O2S. The van der Waals surface area contributed by atoms with Crippen LogP contribution in [-0.4, -0.2) is 18.3 Å². The maximum Gasteiger partial charge on any atom is 0.204 e. The number of benzene rings is 3. The number of aromatic nitrogens is 1. The van der Waals surface area contributed by atoms with Gasteiger partial charge in [-0.15, -0.1) is 0 Å². The zero-order chi connectivity index (χ0) is 20.9. The number of hydrogen-bond donors (Lipinski definition) is 1. The number of rotatable bonds is 7. The van der Waals surface area contributed by atoms with Crippen molar-refractivity contribution in [2.24, 2.45) is 5.10 Å². The molecule has 0 aliphatic carbocycles. The summed E-state index contributed by atoms with van der Waals surface area (Å²) in [6, 6.07) is 19.0. The normalized spacial score (nSPS) is 11.2. The molecule has 0 amide bonds. The standard InChI is InChI=1S/C22H17Cl2N3O2S/c1-28-20-11-14(12-25-27-22-26-18-4-2-3-5-21(18)30-22)7-9-19(20)29-13-15-6-8-16(23)17(24)10-15/h2-12H,13H2,1H3,(H,26,27)/b25-12-. The minimum absolute atomic E-state index is 0.347. The molecule has 4 aromatic rings. The Hall–Kier alpha value is -2.80. The molecule has 152 valence electrons. The Kier molecular flexibility index (Phi) is 6.38. The van der Waals surface area contributed by atoms with E-state index in [2.05, 4.69) is 15.5 Å². The van der Waals surface area contributed by atoms with E-state index in [1.807, 2.05) is 48.5 Å². The lowest BCUT2D eigenvalue weighted by atomic mass is 10.2. The zero-order valence-electron chi connectivity index (χ0n) is 15.9. The topological polar surface area (TPSA) is 55.7 Å². The van der Waals surface area contributed by atoms with Gasteiger partial charge in [0.2, 0.25) is 5.13 Å². The highest BCUT2D eigenvalue weighted by atomic mass is 35.5. The molecule has 0 aliphatic rings. The van der Waals surface area contributed by atoms with Gasteiger partial charge >= 0.3 is 0 Å². The van der Waals surface area contributed by atoms with E-state index >= 15 is 0 Å². The highest BCUT2D eigenvalue weighted by Gasteiger charge is 2.07. The molecule has 1 aromatic heterocycles. The fourth-order valence-corrected chi connectivity index (χ4v) is 3.89. The van der Waals surface area contributed by atoms with Crippen molar-refractivity contribution in [3.8, 4) is 11.5 Å². The second-order valence-corrected chi connectivity index (χ2v) is 8.15. The molecule has 3 aromatic carbocycles. The van der Waals surface area contributed by atoms with Crippen LogP contribution in [0.15, 0.2) is 65.8 Å². The molecule has 0 unspecified atom stereocenters. The van der Waals surface area contributed by atoms with Gasteiger partial charge in [-0.3, -0.25) is 5.43 Å². The molecule has 0 radical (unpaired) electrons. The van der Waals surface area contributed by atoms with Crippen molar-refractivity contribution >= 4 is 56.1 Å². The Balaban J connectivity index is 1.42. The van der Waals surface area contributed by atoms with Gasteiger partial charge in [0.1, 0.15) is 6.61 Å². The van der Waals surface area contributed by atoms with Crippen LogP contribution in [0.3, 0.4) is 0 Å². The fourth-order valence-electron chi connectivity index (χ4n) is 2.76.